The van der Waals surface area contributed by atoms with Crippen molar-refractivity contribution in [1.29, 1.82) is 0 Å². The summed E-state index contributed by atoms with van der Waals surface area (Å²) in [5, 5.41) is 16.3. The Morgan fingerprint density at radius 2 is 1.00 bits per heavy atom. The third kappa shape index (κ3) is 4.21. The van der Waals surface area contributed by atoms with Crippen LogP contribution < -0.4 is 5.32 Å². The summed E-state index contributed by atoms with van der Waals surface area (Å²) in [7, 11) is 0. The molecule has 0 bridgehead atoms. The molecule has 278 valence electrons. The smallest absolute Gasteiger partial charge is 0.201 e. The highest BCUT2D eigenvalue weighted by molar-refractivity contribution is 6.27. The Hall–Kier alpha value is -7.95. The lowest BCUT2D eigenvalue weighted by molar-refractivity contribution is 0.625. The summed E-state index contributed by atoms with van der Waals surface area (Å²) in [6, 6.07) is 71.3. The molecule has 1 atom stereocenters. The summed E-state index contributed by atoms with van der Waals surface area (Å²) in [5.41, 5.74) is 15.3. The molecule has 3 heterocycles. The maximum absolute atomic E-state index is 5.78. The van der Waals surface area contributed by atoms with Crippen LogP contribution in [-0.2, 0) is 0 Å². The van der Waals surface area contributed by atoms with Gasteiger partial charge in [-0.25, -0.2) is 4.99 Å². The van der Waals surface area contributed by atoms with Crippen LogP contribution in [0.15, 0.2) is 199 Å². The van der Waals surface area contributed by atoms with Crippen molar-refractivity contribution in [1.82, 2.24) is 9.13 Å². The number of nitrogens with zero attached hydrogens (tertiary/aromatic N) is 3. The monoisotopic (exact) mass is 762 g/mol. The van der Waals surface area contributed by atoms with E-state index in [-0.39, 0.29) is 0 Å². The SMILES string of the molecule is c1ccc2c(c1)NC(n1c3cc4ccccc4cc3c3c(-n4c5ccccc5c5c6ccccc6ccc54)cccc31)N=C2c1ccc2c3c(cccc13)-c1ccccc1-2. The number of hydrogen-bond donors (Lipinski definition) is 1. The Kier molecular flexibility index (Phi) is 6.31. The highest BCUT2D eigenvalue weighted by Crippen LogP contribution is 2.49. The van der Waals surface area contributed by atoms with Gasteiger partial charge in [-0.2, -0.15) is 0 Å². The fourth-order valence-corrected chi connectivity index (χ4v) is 10.7. The van der Waals surface area contributed by atoms with Gasteiger partial charge >= 0.3 is 0 Å². The summed E-state index contributed by atoms with van der Waals surface area (Å²) >= 11 is 0. The molecule has 0 saturated heterocycles. The van der Waals surface area contributed by atoms with Gasteiger partial charge in [-0.15, -0.1) is 0 Å². The Bertz CT molecular complexity index is 3850. The largest absolute Gasteiger partial charge is 0.346 e. The number of aromatic nitrogens is 2. The molecule has 1 aliphatic heterocycles. The van der Waals surface area contributed by atoms with Crippen molar-refractivity contribution in [2.75, 3.05) is 5.32 Å². The van der Waals surface area contributed by atoms with Crippen LogP contribution in [-0.4, -0.2) is 14.8 Å². The molecule has 2 aliphatic rings. The molecule has 0 radical (unpaired) electrons. The lowest BCUT2D eigenvalue weighted by Gasteiger charge is -2.28. The van der Waals surface area contributed by atoms with Gasteiger partial charge in [0.2, 0.25) is 6.29 Å². The van der Waals surface area contributed by atoms with Crippen LogP contribution in [0.1, 0.15) is 17.4 Å². The fraction of sp³-hybridized carbons (Fsp3) is 0.0179. The minimum absolute atomic E-state index is 0.423. The second-order valence-electron chi connectivity index (χ2n) is 16.3. The number of nitrogens with one attached hydrogen (secondary N) is 1. The minimum Gasteiger partial charge on any atom is -0.346 e. The molecule has 0 amide bonds. The van der Waals surface area contributed by atoms with Gasteiger partial charge in [0.05, 0.1) is 33.5 Å². The first-order chi connectivity index (χ1) is 29.8. The van der Waals surface area contributed by atoms with E-state index < -0.39 is 6.29 Å². The number of anilines is 1. The molecule has 1 unspecified atom stereocenters. The van der Waals surface area contributed by atoms with E-state index in [0.29, 0.717) is 0 Å². The molecule has 0 saturated carbocycles. The van der Waals surface area contributed by atoms with Crippen molar-refractivity contribution in [2.24, 2.45) is 4.99 Å². The predicted molar refractivity (Wildman–Crippen MR) is 252 cm³/mol. The zero-order chi connectivity index (χ0) is 39.1. The van der Waals surface area contributed by atoms with Gasteiger partial charge in [0, 0.05) is 38.4 Å². The number of para-hydroxylation sites is 2. The molecule has 1 aliphatic carbocycles. The first kappa shape index (κ1) is 32.1. The van der Waals surface area contributed by atoms with Crippen molar-refractivity contribution in [3.05, 3.63) is 205 Å². The summed E-state index contributed by atoms with van der Waals surface area (Å²) < 4.78 is 4.93. The Labute approximate surface area is 344 Å². The standard InChI is InChI=1S/C56H34N4/c1-2-15-35-32-51-45(31-34(35)14-1)54-48(59-47-24-10-8-20-44(47)53-36-16-4-3-13-33(36)27-30-50(53)59)25-12-26-49(54)60(51)56-57-46-23-9-7-19-43(46)55(58-56)42-29-28-41-38-18-6-5-17-37(38)39-21-11-22-40(42)52(39)41/h1-32,56-57H. The molecule has 4 nitrogen and oxygen atoms in total. The van der Waals surface area contributed by atoms with E-state index in [9.17, 15) is 0 Å². The first-order valence-corrected chi connectivity index (χ1v) is 20.7. The Morgan fingerprint density at radius 1 is 0.367 bits per heavy atom. The van der Waals surface area contributed by atoms with Crippen LogP contribution in [0.5, 0.6) is 0 Å². The third-order valence-corrected chi connectivity index (χ3v) is 13.2. The highest BCUT2D eigenvalue weighted by Gasteiger charge is 2.30. The van der Waals surface area contributed by atoms with Crippen molar-refractivity contribution in [3.63, 3.8) is 0 Å². The summed E-state index contributed by atoms with van der Waals surface area (Å²) in [5.74, 6) is 0. The number of benzene rings is 10. The molecular weight excluding hydrogens is 729 g/mol. The van der Waals surface area contributed by atoms with E-state index in [1.54, 1.807) is 0 Å². The topological polar surface area (TPSA) is 34.2 Å². The van der Waals surface area contributed by atoms with E-state index in [0.717, 1.165) is 39.2 Å². The first-order valence-electron chi connectivity index (χ1n) is 20.7. The van der Waals surface area contributed by atoms with Crippen LogP contribution in [0.25, 0.3) is 104 Å². The lowest BCUT2D eigenvalue weighted by atomic mass is 9.92. The predicted octanol–water partition coefficient (Wildman–Crippen LogP) is 14.4. The number of aliphatic imine (C=N–C) groups is 1. The Morgan fingerprint density at radius 3 is 1.87 bits per heavy atom. The van der Waals surface area contributed by atoms with Gasteiger partial charge in [0.1, 0.15) is 0 Å². The lowest BCUT2D eigenvalue weighted by Crippen LogP contribution is -2.25. The molecule has 14 rings (SSSR count). The van der Waals surface area contributed by atoms with Gasteiger partial charge in [-0.1, -0.05) is 152 Å². The molecule has 1 N–H and O–H groups in total. The zero-order valence-electron chi connectivity index (χ0n) is 32.4. The normalized spacial score (nSPS) is 14.4. The highest BCUT2D eigenvalue weighted by atomic mass is 15.3. The molecule has 2 aromatic heterocycles. The van der Waals surface area contributed by atoms with E-state index in [1.807, 2.05) is 0 Å². The second kappa shape index (κ2) is 11.8. The molecule has 4 heteroatoms. The third-order valence-electron chi connectivity index (χ3n) is 13.2. The quantitative estimate of drug-likeness (QED) is 0.191. The number of hydrogen-bond acceptors (Lipinski definition) is 2. The average molecular weight is 763 g/mol. The van der Waals surface area contributed by atoms with Gasteiger partial charge in [-0.05, 0) is 97.0 Å². The summed E-state index contributed by atoms with van der Waals surface area (Å²) in [6.45, 7) is 0. The van der Waals surface area contributed by atoms with Gasteiger partial charge in [0.15, 0.2) is 0 Å². The van der Waals surface area contributed by atoms with E-state index in [2.05, 4.69) is 209 Å². The maximum atomic E-state index is 5.78. The summed E-state index contributed by atoms with van der Waals surface area (Å²) in [6.07, 6.45) is -0.423. The van der Waals surface area contributed by atoms with Crippen molar-refractivity contribution < 1.29 is 0 Å². The number of rotatable bonds is 3. The van der Waals surface area contributed by atoms with Gasteiger partial charge in [0.25, 0.3) is 0 Å². The van der Waals surface area contributed by atoms with Crippen LogP contribution in [0, 0.1) is 0 Å². The minimum atomic E-state index is -0.423. The molecule has 60 heavy (non-hydrogen) atoms. The van der Waals surface area contributed by atoms with E-state index in [1.165, 1.54) is 87.1 Å². The molecular formula is C56H34N4. The molecule has 12 aromatic rings. The van der Waals surface area contributed by atoms with Crippen LogP contribution >= 0.6 is 0 Å². The van der Waals surface area contributed by atoms with Crippen molar-refractivity contribution >= 4 is 87.3 Å². The van der Waals surface area contributed by atoms with Crippen LogP contribution in [0.3, 0.4) is 0 Å². The van der Waals surface area contributed by atoms with Crippen LogP contribution in [0.2, 0.25) is 0 Å². The zero-order valence-corrected chi connectivity index (χ0v) is 32.4. The van der Waals surface area contributed by atoms with E-state index in [4.69, 9.17) is 4.99 Å². The Balaban J connectivity index is 1.07. The molecule has 10 aromatic carbocycles. The summed E-state index contributed by atoms with van der Waals surface area (Å²) in [4.78, 5) is 5.78. The fourth-order valence-electron chi connectivity index (χ4n) is 10.7. The van der Waals surface area contributed by atoms with Crippen LogP contribution in [0.4, 0.5) is 5.69 Å². The average Bonchev–Trinajstić information content (AvgIpc) is 3.94. The molecule has 0 fully saturated rings. The second-order valence-corrected chi connectivity index (χ2v) is 16.3. The maximum Gasteiger partial charge on any atom is 0.201 e. The van der Waals surface area contributed by atoms with E-state index >= 15 is 0 Å². The number of fused-ring (bicyclic) bond motifs is 13. The molecule has 0 spiro atoms. The van der Waals surface area contributed by atoms with Crippen molar-refractivity contribution in [3.8, 4) is 27.9 Å². The van der Waals surface area contributed by atoms with Gasteiger partial charge < -0.3 is 14.5 Å². The van der Waals surface area contributed by atoms with Crippen molar-refractivity contribution in [2.45, 2.75) is 6.29 Å². The van der Waals surface area contributed by atoms with Gasteiger partial charge in [-0.3, -0.25) is 0 Å².